The number of non-ortho nitro benzene ring substituents is 1. The largest absolute Gasteiger partial charge is 0.398 e. The molecule has 2 rings (SSSR count). The molecule has 0 amide bonds. The van der Waals surface area contributed by atoms with Crippen molar-refractivity contribution in [1.29, 1.82) is 0 Å². The van der Waals surface area contributed by atoms with Gasteiger partial charge in [-0.2, -0.15) is 0 Å². The van der Waals surface area contributed by atoms with Gasteiger partial charge in [-0.1, -0.05) is 13.8 Å². The Balaban J connectivity index is 2.28. The molecule has 1 fully saturated rings. The summed E-state index contributed by atoms with van der Waals surface area (Å²) >= 11 is 0. The predicted molar refractivity (Wildman–Crippen MR) is 79.3 cm³/mol. The van der Waals surface area contributed by atoms with Gasteiger partial charge in [0.15, 0.2) is 0 Å². The quantitative estimate of drug-likeness (QED) is 0.501. The van der Waals surface area contributed by atoms with Crippen LogP contribution in [0.25, 0.3) is 0 Å². The fraction of sp³-hybridized carbons (Fsp3) is 0.538. The normalized spacial score (nSPS) is 21.3. The van der Waals surface area contributed by atoms with E-state index in [1.807, 2.05) is 0 Å². The van der Waals surface area contributed by atoms with Gasteiger partial charge in [0.25, 0.3) is 5.69 Å². The van der Waals surface area contributed by atoms with Gasteiger partial charge in [-0.05, 0) is 30.7 Å². The third-order valence-electron chi connectivity index (χ3n) is 3.79. The summed E-state index contributed by atoms with van der Waals surface area (Å²) in [5.74, 6) is 0. The summed E-state index contributed by atoms with van der Waals surface area (Å²) in [6.45, 7) is 4.17. The summed E-state index contributed by atoms with van der Waals surface area (Å²) in [6.07, 6.45) is 2.42. The molecule has 3 N–H and O–H groups in total. The number of nitro benzene ring substituents is 1. The van der Waals surface area contributed by atoms with Crippen molar-refractivity contribution in [2.75, 3.05) is 5.73 Å². The SMILES string of the molecule is CC1(C)CCC(NS(=O)(=O)c2cc([N+](=O)[O-])ccc2N)C1. The van der Waals surface area contributed by atoms with Crippen molar-refractivity contribution in [1.82, 2.24) is 4.72 Å². The Labute approximate surface area is 123 Å². The minimum absolute atomic E-state index is 0.00496. The minimum Gasteiger partial charge on any atom is -0.398 e. The number of hydrogen-bond acceptors (Lipinski definition) is 5. The maximum absolute atomic E-state index is 12.4. The van der Waals surface area contributed by atoms with Crippen LogP contribution in [0, 0.1) is 15.5 Å². The zero-order valence-electron chi connectivity index (χ0n) is 12.0. The molecule has 116 valence electrons. The minimum atomic E-state index is -3.86. The second-order valence-corrected chi connectivity index (χ2v) is 7.89. The van der Waals surface area contributed by atoms with E-state index >= 15 is 0 Å². The molecule has 0 heterocycles. The Morgan fingerprint density at radius 3 is 2.62 bits per heavy atom. The van der Waals surface area contributed by atoms with Crippen molar-refractivity contribution in [3.05, 3.63) is 28.3 Å². The van der Waals surface area contributed by atoms with E-state index < -0.39 is 14.9 Å². The van der Waals surface area contributed by atoms with Gasteiger partial charge in [0.05, 0.1) is 10.6 Å². The Morgan fingerprint density at radius 2 is 2.10 bits per heavy atom. The Kier molecular flexibility index (Phi) is 3.94. The summed E-state index contributed by atoms with van der Waals surface area (Å²) < 4.78 is 27.4. The Bertz CT molecular complexity index is 670. The van der Waals surface area contributed by atoms with Gasteiger partial charge in [0, 0.05) is 18.2 Å². The van der Waals surface area contributed by atoms with E-state index in [0.717, 1.165) is 25.3 Å². The highest BCUT2D eigenvalue weighted by molar-refractivity contribution is 7.89. The van der Waals surface area contributed by atoms with Crippen LogP contribution in [0.3, 0.4) is 0 Å². The number of anilines is 1. The third-order valence-corrected chi connectivity index (χ3v) is 5.36. The highest BCUT2D eigenvalue weighted by Crippen LogP contribution is 2.37. The zero-order chi connectivity index (χ0) is 15.8. The topological polar surface area (TPSA) is 115 Å². The monoisotopic (exact) mass is 313 g/mol. The van der Waals surface area contributed by atoms with Crippen LogP contribution in [0.2, 0.25) is 0 Å². The molecule has 7 nitrogen and oxygen atoms in total. The van der Waals surface area contributed by atoms with Crippen LogP contribution < -0.4 is 10.5 Å². The Morgan fingerprint density at radius 1 is 1.43 bits per heavy atom. The second-order valence-electron chi connectivity index (χ2n) is 6.20. The first kappa shape index (κ1) is 15.7. The van der Waals surface area contributed by atoms with Crippen LogP contribution in [0.5, 0.6) is 0 Å². The van der Waals surface area contributed by atoms with Gasteiger partial charge in [0.2, 0.25) is 10.0 Å². The number of nitrogens with zero attached hydrogens (tertiary/aromatic N) is 1. The van der Waals surface area contributed by atoms with Crippen molar-refractivity contribution in [2.45, 2.75) is 44.0 Å². The second kappa shape index (κ2) is 5.27. The average molecular weight is 313 g/mol. The molecule has 0 bridgehead atoms. The lowest BCUT2D eigenvalue weighted by Crippen LogP contribution is -2.34. The van der Waals surface area contributed by atoms with Gasteiger partial charge in [-0.25, -0.2) is 13.1 Å². The van der Waals surface area contributed by atoms with Gasteiger partial charge in [-0.3, -0.25) is 10.1 Å². The van der Waals surface area contributed by atoms with Crippen molar-refractivity contribution in [3.8, 4) is 0 Å². The summed E-state index contributed by atoms with van der Waals surface area (Å²) in [7, 11) is -3.86. The van der Waals surface area contributed by atoms with E-state index in [4.69, 9.17) is 5.73 Å². The molecule has 1 aliphatic carbocycles. The number of benzene rings is 1. The molecule has 1 atom stereocenters. The number of hydrogen-bond donors (Lipinski definition) is 2. The highest BCUT2D eigenvalue weighted by Gasteiger charge is 2.34. The Hall–Kier alpha value is -1.67. The molecule has 0 radical (unpaired) electrons. The smallest absolute Gasteiger partial charge is 0.270 e. The first-order valence-corrected chi connectivity index (χ1v) is 8.15. The third kappa shape index (κ3) is 3.51. The van der Waals surface area contributed by atoms with E-state index in [0.29, 0.717) is 0 Å². The number of sulfonamides is 1. The van der Waals surface area contributed by atoms with Crippen LogP contribution >= 0.6 is 0 Å². The fourth-order valence-corrected chi connectivity index (χ4v) is 4.11. The molecule has 0 aromatic heterocycles. The highest BCUT2D eigenvalue weighted by atomic mass is 32.2. The van der Waals surface area contributed by atoms with E-state index in [1.54, 1.807) is 0 Å². The number of nitro groups is 1. The van der Waals surface area contributed by atoms with E-state index in [9.17, 15) is 18.5 Å². The lowest BCUT2D eigenvalue weighted by atomic mass is 9.92. The summed E-state index contributed by atoms with van der Waals surface area (Å²) in [5, 5.41) is 10.8. The van der Waals surface area contributed by atoms with Crippen LogP contribution in [0.1, 0.15) is 33.1 Å². The maximum atomic E-state index is 12.4. The van der Waals surface area contributed by atoms with Crippen molar-refractivity contribution in [3.63, 3.8) is 0 Å². The van der Waals surface area contributed by atoms with Crippen LogP contribution in [-0.4, -0.2) is 19.4 Å². The van der Waals surface area contributed by atoms with Crippen molar-refractivity contribution >= 4 is 21.4 Å². The van der Waals surface area contributed by atoms with Crippen molar-refractivity contribution < 1.29 is 13.3 Å². The van der Waals surface area contributed by atoms with Crippen LogP contribution in [-0.2, 0) is 10.0 Å². The van der Waals surface area contributed by atoms with Gasteiger partial charge >= 0.3 is 0 Å². The van der Waals surface area contributed by atoms with E-state index in [-0.39, 0.29) is 27.7 Å². The predicted octanol–water partition coefficient (Wildman–Crippen LogP) is 2.03. The van der Waals surface area contributed by atoms with Gasteiger partial charge < -0.3 is 5.73 Å². The molecule has 1 aromatic rings. The molecule has 0 spiro atoms. The molecule has 0 saturated heterocycles. The van der Waals surface area contributed by atoms with E-state index in [1.165, 1.54) is 12.1 Å². The lowest BCUT2D eigenvalue weighted by molar-refractivity contribution is -0.385. The van der Waals surface area contributed by atoms with Crippen LogP contribution in [0.15, 0.2) is 23.1 Å². The number of nitrogens with one attached hydrogen (secondary N) is 1. The molecule has 21 heavy (non-hydrogen) atoms. The van der Waals surface area contributed by atoms with Gasteiger partial charge in [-0.15, -0.1) is 0 Å². The molecular formula is C13H19N3O4S. The average Bonchev–Trinajstić information content (AvgIpc) is 2.67. The zero-order valence-corrected chi connectivity index (χ0v) is 12.8. The molecular weight excluding hydrogens is 294 g/mol. The number of nitrogen functional groups attached to an aromatic ring is 1. The first-order valence-electron chi connectivity index (χ1n) is 6.67. The summed E-state index contributed by atoms with van der Waals surface area (Å²) in [4.78, 5) is 9.89. The fourth-order valence-electron chi connectivity index (χ4n) is 2.69. The molecule has 1 aliphatic rings. The number of nitrogens with two attached hydrogens (primary N) is 1. The lowest BCUT2D eigenvalue weighted by Gasteiger charge is -2.18. The molecule has 8 heteroatoms. The summed E-state index contributed by atoms with van der Waals surface area (Å²) in [5.41, 5.74) is 5.47. The van der Waals surface area contributed by atoms with E-state index in [2.05, 4.69) is 18.6 Å². The molecule has 1 unspecified atom stereocenters. The molecule has 0 aliphatic heterocycles. The van der Waals surface area contributed by atoms with Crippen LogP contribution in [0.4, 0.5) is 11.4 Å². The first-order chi connectivity index (χ1) is 9.61. The number of rotatable bonds is 4. The molecule has 1 aromatic carbocycles. The van der Waals surface area contributed by atoms with Gasteiger partial charge in [0.1, 0.15) is 4.90 Å². The summed E-state index contributed by atoms with van der Waals surface area (Å²) in [6, 6.07) is 3.26. The molecule has 1 saturated carbocycles. The standard InChI is InChI=1S/C13H19N3O4S/c1-13(2)6-5-9(8-13)15-21(19,20)12-7-10(16(17)18)3-4-11(12)14/h3-4,7,9,15H,5-6,8,14H2,1-2H3. The maximum Gasteiger partial charge on any atom is 0.270 e. The van der Waals surface area contributed by atoms with Crippen molar-refractivity contribution in [2.24, 2.45) is 5.41 Å².